The van der Waals surface area contributed by atoms with E-state index in [1.54, 1.807) is 0 Å². The van der Waals surface area contributed by atoms with Gasteiger partial charge in [0.15, 0.2) is 0 Å². The number of amides is 1. The van der Waals surface area contributed by atoms with Gasteiger partial charge in [0.2, 0.25) is 5.91 Å². The molecule has 0 spiro atoms. The van der Waals surface area contributed by atoms with Gasteiger partial charge in [-0.15, -0.1) is 0 Å². The van der Waals surface area contributed by atoms with Gasteiger partial charge in [0, 0.05) is 24.5 Å². The third-order valence-electron chi connectivity index (χ3n) is 4.49. The second kappa shape index (κ2) is 7.41. The fourth-order valence-electron chi connectivity index (χ4n) is 3.06. The lowest BCUT2D eigenvalue weighted by Crippen LogP contribution is -2.62. The maximum atomic E-state index is 12.1. The van der Waals surface area contributed by atoms with Crippen LogP contribution < -0.4 is 11.1 Å². The first-order valence-electron chi connectivity index (χ1n) is 7.92. The highest BCUT2D eigenvalue weighted by Crippen LogP contribution is 2.42. The molecule has 0 aromatic rings. The third-order valence-corrected chi connectivity index (χ3v) is 4.49. The Morgan fingerprint density at radius 2 is 2.10 bits per heavy atom. The van der Waals surface area contributed by atoms with E-state index in [1.807, 2.05) is 6.92 Å². The number of carbonyl (C=O) groups is 1. The second-order valence-corrected chi connectivity index (χ2v) is 7.06. The predicted octanol–water partition coefficient (Wildman–Crippen LogP) is 2.32. The van der Waals surface area contributed by atoms with Gasteiger partial charge in [-0.05, 0) is 38.1 Å². The maximum absolute atomic E-state index is 12.1. The summed E-state index contributed by atoms with van der Waals surface area (Å²) in [5.41, 5.74) is 5.79. The molecule has 1 aliphatic rings. The van der Waals surface area contributed by atoms with Gasteiger partial charge in [-0.3, -0.25) is 4.79 Å². The molecule has 0 aliphatic heterocycles. The van der Waals surface area contributed by atoms with E-state index >= 15 is 0 Å². The number of carbonyl (C=O) groups excluding carboxylic acids is 1. The van der Waals surface area contributed by atoms with Crippen molar-refractivity contribution in [2.45, 2.75) is 66.0 Å². The molecule has 0 saturated heterocycles. The van der Waals surface area contributed by atoms with Crippen LogP contribution in [0.2, 0.25) is 0 Å². The minimum Gasteiger partial charge on any atom is -0.378 e. The van der Waals surface area contributed by atoms with Crippen molar-refractivity contribution < 1.29 is 9.53 Å². The molecule has 1 amide bonds. The summed E-state index contributed by atoms with van der Waals surface area (Å²) < 4.78 is 5.69. The Balaban J connectivity index is 2.40. The van der Waals surface area contributed by atoms with Crippen LogP contribution in [-0.4, -0.2) is 31.2 Å². The normalized spacial score (nSPS) is 26.1. The zero-order valence-corrected chi connectivity index (χ0v) is 13.7. The Labute approximate surface area is 123 Å². The molecule has 3 N–H and O–H groups in total. The van der Waals surface area contributed by atoms with Gasteiger partial charge in [0.1, 0.15) is 0 Å². The van der Waals surface area contributed by atoms with Gasteiger partial charge in [-0.25, -0.2) is 0 Å². The van der Waals surface area contributed by atoms with Crippen LogP contribution in [0.4, 0.5) is 0 Å². The Morgan fingerprint density at radius 3 is 2.55 bits per heavy atom. The zero-order valence-electron chi connectivity index (χ0n) is 13.7. The molecule has 1 saturated carbocycles. The molecule has 1 fully saturated rings. The van der Waals surface area contributed by atoms with Gasteiger partial charge in [-0.2, -0.15) is 0 Å². The largest absolute Gasteiger partial charge is 0.378 e. The predicted molar refractivity (Wildman–Crippen MR) is 82.4 cm³/mol. The van der Waals surface area contributed by atoms with Crippen molar-refractivity contribution in [3.63, 3.8) is 0 Å². The number of ether oxygens (including phenoxy) is 1. The fraction of sp³-hybridized carbons (Fsp3) is 0.938. The fourth-order valence-corrected chi connectivity index (χ4v) is 3.06. The lowest BCUT2D eigenvalue weighted by molar-refractivity contribution is -0.137. The summed E-state index contributed by atoms with van der Waals surface area (Å²) in [4.78, 5) is 12.1. The van der Waals surface area contributed by atoms with E-state index in [4.69, 9.17) is 10.5 Å². The van der Waals surface area contributed by atoms with E-state index in [2.05, 4.69) is 33.0 Å². The number of hydrogen-bond donors (Lipinski definition) is 2. The van der Waals surface area contributed by atoms with E-state index in [0.717, 1.165) is 19.4 Å². The highest BCUT2D eigenvalue weighted by atomic mass is 16.5. The number of hydrogen-bond acceptors (Lipinski definition) is 3. The SMILES string of the molecule is CCOC1CC(NC(=O)C[C@@H](CN)CC(C)C)C1(C)C. The summed E-state index contributed by atoms with van der Waals surface area (Å²) in [6.07, 6.45) is 2.74. The molecule has 0 radical (unpaired) electrons. The lowest BCUT2D eigenvalue weighted by Gasteiger charge is -2.51. The van der Waals surface area contributed by atoms with Crippen LogP contribution in [0, 0.1) is 17.3 Å². The van der Waals surface area contributed by atoms with Crippen molar-refractivity contribution in [3.8, 4) is 0 Å². The Kier molecular flexibility index (Phi) is 6.46. The smallest absolute Gasteiger partial charge is 0.220 e. The molecule has 20 heavy (non-hydrogen) atoms. The molecule has 4 heteroatoms. The highest BCUT2D eigenvalue weighted by molar-refractivity contribution is 5.76. The zero-order chi connectivity index (χ0) is 15.3. The average Bonchev–Trinajstić information content (AvgIpc) is 2.36. The molecule has 0 aromatic heterocycles. The van der Waals surface area contributed by atoms with Gasteiger partial charge < -0.3 is 15.8 Å². The van der Waals surface area contributed by atoms with Crippen LogP contribution in [0.25, 0.3) is 0 Å². The first kappa shape index (κ1) is 17.4. The summed E-state index contributed by atoms with van der Waals surface area (Å²) in [7, 11) is 0. The van der Waals surface area contributed by atoms with E-state index in [0.29, 0.717) is 24.8 Å². The van der Waals surface area contributed by atoms with Crippen molar-refractivity contribution in [2.75, 3.05) is 13.2 Å². The monoisotopic (exact) mass is 284 g/mol. The van der Waals surface area contributed by atoms with Crippen LogP contribution in [0.15, 0.2) is 0 Å². The number of rotatable bonds is 8. The van der Waals surface area contributed by atoms with Gasteiger partial charge >= 0.3 is 0 Å². The van der Waals surface area contributed by atoms with E-state index in [9.17, 15) is 4.79 Å². The molecule has 118 valence electrons. The summed E-state index contributed by atoms with van der Waals surface area (Å²) in [5, 5.41) is 3.16. The van der Waals surface area contributed by atoms with E-state index in [-0.39, 0.29) is 23.5 Å². The molecule has 1 rings (SSSR count). The average molecular weight is 284 g/mol. The van der Waals surface area contributed by atoms with Gasteiger partial charge in [0.05, 0.1) is 6.10 Å². The van der Waals surface area contributed by atoms with Crippen molar-refractivity contribution in [1.29, 1.82) is 0 Å². The maximum Gasteiger partial charge on any atom is 0.220 e. The van der Waals surface area contributed by atoms with E-state index < -0.39 is 0 Å². The summed E-state index contributed by atoms with van der Waals surface area (Å²) >= 11 is 0. The molecule has 0 aromatic carbocycles. The molecule has 0 bridgehead atoms. The summed E-state index contributed by atoms with van der Waals surface area (Å²) in [5.74, 6) is 1.01. The van der Waals surface area contributed by atoms with Crippen LogP contribution in [0.1, 0.15) is 53.9 Å². The quantitative estimate of drug-likeness (QED) is 0.719. The van der Waals surface area contributed by atoms with Gasteiger partial charge in [0.25, 0.3) is 0 Å². The summed E-state index contributed by atoms with van der Waals surface area (Å²) in [6, 6.07) is 0.226. The molecule has 0 heterocycles. The van der Waals surface area contributed by atoms with Crippen LogP contribution >= 0.6 is 0 Å². The molecule has 2 unspecified atom stereocenters. The molecule has 4 nitrogen and oxygen atoms in total. The van der Waals surface area contributed by atoms with Crippen molar-refractivity contribution >= 4 is 5.91 Å². The third kappa shape index (κ3) is 4.45. The van der Waals surface area contributed by atoms with Gasteiger partial charge in [-0.1, -0.05) is 27.7 Å². The van der Waals surface area contributed by atoms with E-state index in [1.165, 1.54) is 0 Å². The molecule has 3 atom stereocenters. The van der Waals surface area contributed by atoms with Crippen LogP contribution in [-0.2, 0) is 9.53 Å². The standard InChI is InChI=1S/C16H32N2O2/c1-6-20-14-9-13(16(14,4)5)18-15(19)8-12(10-17)7-11(2)3/h11-14H,6-10,17H2,1-5H3,(H,18,19)/t12-,13?,14?/m0/s1. The van der Waals surface area contributed by atoms with Crippen LogP contribution in [0.3, 0.4) is 0 Å². The molecular formula is C16H32N2O2. The summed E-state index contributed by atoms with van der Waals surface area (Å²) in [6.45, 7) is 12.0. The lowest BCUT2D eigenvalue weighted by atomic mass is 9.64. The highest BCUT2D eigenvalue weighted by Gasteiger charge is 2.49. The Bertz CT molecular complexity index is 316. The topological polar surface area (TPSA) is 64.3 Å². The first-order valence-corrected chi connectivity index (χ1v) is 7.92. The number of nitrogens with two attached hydrogens (primary N) is 1. The second-order valence-electron chi connectivity index (χ2n) is 7.06. The van der Waals surface area contributed by atoms with Crippen molar-refractivity contribution in [3.05, 3.63) is 0 Å². The minimum absolute atomic E-state index is 0.0297. The molecule has 1 aliphatic carbocycles. The number of nitrogens with one attached hydrogen (secondary N) is 1. The van der Waals surface area contributed by atoms with Crippen LogP contribution in [0.5, 0.6) is 0 Å². The minimum atomic E-state index is 0.0297. The molecular weight excluding hydrogens is 252 g/mol. The van der Waals surface area contributed by atoms with Crippen molar-refractivity contribution in [2.24, 2.45) is 23.0 Å². The first-order chi connectivity index (χ1) is 9.31. The Morgan fingerprint density at radius 1 is 1.45 bits per heavy atom. The Hall–Kier alpha value is -0.610. The van der Waals surface area contributed by atoms with Crippen molar-refractivity contribution in [1.82, 2.24) is 5.32 Å².